The molecule has 1 saturated heterocycles. The number of likely N-dealkylation sites (tertiary alicyclic amines) is 1. The second kappa shape index (κ2) is 9.37. The molecule has 0 radical (unpaired) electrons. The van der Waals surface area contributed by atoms with Crippen LogP contribution in [0.1, 0.15) is 35.2 Å². The number of carbonyl (C=O) groups excluding carboxylic acids is 2. The van der Waals surface area contributed by atoms with Crippen LogP contribution in [0.3, 0.4) is 0 Å². The Morgan fingerprint density at radius 3 is 2.58 bits per heavy atom. The number of aliphatic hydroxyl groups is 1. The van der Waals surface area contributed by atoms with Crippen molar-refractivity contribution in [3.63, 3.8) is 0 Å². The van der Waals surface area contributed by atoms with E-state index in [2.05, 4.69) is 4.98 Å². The lowest BCUT2D eigenvalue weighted by Crippen LogP contribution is -2.29. The molecular weight excluding hydrogens is 460 g/mol. The van der Waals surface area contributed by atoms with Gasteiger partial charge < -0.3 is 24.2 Å². The highest BCUT2D eigenvalue weighted by Crippen LogP contribution is 2.44. The van der Waals surface area contributed by atoms with E-state index >= 15 is 0 Å². The zero-order chi connectivity index (χ0) is 25.4. The Balaban J connectivity index is 1.67. The lowest BCUT2D eigenvalue weighted by atomic mass is 9.93. The molecule has 2 aliphatic rings. The smallest absolute Gasteiger partial charge is 0.295 e. The van der Waals surface area contributed by atoms with Crippen LogP contribution in [0.4, 0.5) is 0 Å². The molecule has 0 saturated carbocycles. The van der Waals surface area contributed by atoms with Crippen LogP contribution in [0.25, 0.3) is 5.76 Å². The SMILES string of the molecule is COc1ccc(C2/C(=C(\O)c3ccc4c(c3)CC(C)O4)C(=O)C(=O)N2Cc2ccncc2)c(OC)c1. The normalized spacial score (nSPS) is 20.2. The van der Waals surface area contributed by atoms with Crippen LogP contribution in [0, 0.1) is 0 Å². The van der Waals surface area contributed by atoms with Gasteiger partial charge in [-0.2, -0.15) is 0 Å². The molecule has 2 aromatic carbocycles. The second-order valence-electron chi connectivity index (χ2n) is 8.85. The quantitative estimate of drug-likeness (QED) is 0.319. The molecular formula is C28H26N2O6. The maximum Gasteiger partial charge on any atom is 0.295 e. The molecule has 1 fully saturated rings. The minimum Gasteiger partial charge on any atom is -0.507 e. The first kappa shape index (κ1) is 23.4. The number of ether oxygens (including phenoxy) is 3. The number of pyridine rings is 1. The number of rotatable bonds is 6. The number of Topliss-reactive ketones (excluding diaryl/α,β-unsaturated/α-hetero) is 1. The van der Waals surface area contributed by atoms with Crippen LogP contribution in [0.2, 0.25) is 0 Å². The molecule has 2 unspecified atom stereocenters. The Hall–Kier alpha value is -4.33. The Labute approximate surface area is 208 Å². The van der Waals surface area contributed by atoms with Crippen molar-refractivity contribution in [1.82, 2.24) is 9.88 Å². The van der Waals surface area contributed by atoms with Gasteiger partial charge in [-0.05, 0) is 60.5 Å². The Kier molecular flexibility index (Phi) is 6.10. The highest BCUT2D eigenvalue weighted by molar-refractivity contribution is 6.46. The summed E-state index contributed by atoms with van der Waals surface area (Å²) in [6.07, 6.45) is 3.99. The topological polar surface area (TPSA) is 98.2 Å². The molecule has 36 heavy (non-hydrogen) atoms. The zero-order valence-corrected chi connectivity index (χ0v) is 20.2. The summed E-state index contributed by atoms with van der Waals surface area (Å²) in [5, 5.41) is 11.4. The molecule has 0 spiro atoms. The van der Waals surface area contributed by atoms with E-state index < -0.39 is 17.7 Å². The Bertz CT molecular complexity index is 1370. The van der Waals surface area contributed by atoms with Gasteiger partial charge >= 0.3 is 0 Å². The van der Waals surface area contributed by atoms with Crippen molar-refractivity contribution < 1.29 is 28.9 Å². The van der Waals surface area contributed by atoms with Crippen LogP contribution in [-0.2, 0) is 22.6 Å². The number of benzene rings is 2. The predicted molar refractivity (Wildman–Crippen MR) is 132 cm³/mol. The van der Waals surface area contributed by atoms with Crippen molar-refractivity contribution in [1.29, 1.82) is 0 Å². The largest absolute Gasteiger partial charge is 0.507 e. The van der Waals surface area contributed by atoms with Gasteiger partial charge in [0.2, 0.25) is 0 Å². The molecule has 1 aromatic heterocycles. The monoisotopic (exact) mass is 486 g/mol. The van der Waals surface area contributed by atoms with Gasteiger partial charge in [-0.3, -0.25) is 14.6 Å². The van der Waals surface area contributed by atoms with Crippen molar-refractivity contribution in [2.75, 3.05) is 14.2 Å². The average Bonchev–Trinajstić information content (AvgIpc) is 3.39. The van der Waals surface area contributed by atoms with E-state index in [0.29, 0.717) is 29.0 Å². The maximum absolute atomic E-state index is 13.4. The lowest BCUT2D eigenvalue weighted by molar-refractivity contribution is -0.140. The van der Waals surface area contributed by atoms with E-state index in [0.717, 1.165) is 16.9 Å². The maximum atomic E-state index is 13.4. The van der Waals surface area contributed by atoms with Crippen molar-refractivity contribution >= 4 is 17.4 Å². The number of carbonyl (C=O) groups is 2. The highest BCUT2D eigenvalue weighted by atomic mass is 16.5. The number of hydrogen-bond acceptors (Lipinski definition) is 7. The van der Waals surface area contributed by atoms with Crippen LogP contribution in [0.15, 0.2) is 66.5 Å². The van der Waals surface area contributed by atoms with Gasteiger partial charge in [0, 0.05) is 42.6 Å². The molecule has 5 rings (SSSR count). The number of aliphatic hydroxyl groups excluding tert-OH is 1. The molecule has 3 heterocycles. The van der Waals surface area contributed by atoms with Crippen LogP contribution in [-0.4, -0.2) is 47.0 Å². The zero-order valence-electron chi connectivity index (χ0n) is 20.2. The predicted octanol–water partition coefficient (Wildman–Crippen LogP) is 4.04. The van der Waals surface area contributed by atoms with E-state index in [-0.39, 0.29) is 24.0 Å². The van der Waals surface area contributed by atoms with Gasteiger partial charge in [0.05, 0.1) is 25.8 Å². The fourth-order valence-electron chi connectivity index (χ4n) is 4.82. The molecule has 8 heteroatoms. The molecule has 2 aliphatic heterocycles. The van der Waals surface area contributed by atoms with Crippen LogP contribution in [0.5, 0.6) is 17.2 Å². The number of methoxy groups -OCH3 is 2. The summed E-state index contributed by atoms with van der Waals surface area (Å²) in [5.41, 5.74) is 2.76. The van der Waals surface area contributed by atoms with E-state index in [1.54, 1.807) is 62.0 Å². The molecule has 184 valence electrons. The number of aromatic nitrogens is 1. The van der Waals surface area contributed by atoms with Crippen LogP contribution < -0.4 is 14.2 Å². The minimum absolute atomic E-state index is 0.00411. The second-order valence-corrected chi connectivity index (χ2v) is 8.85. The van der Waals surface area contributed by atoms with Crippen molar-refractivity contribution in [3.8, 4) is 17.2 Å². The first-order valence-corrected chi connectivity index (χ1v) is 11.6. The number of fused-ring (bicyclic) bond motifs is 1. The molecule has 0 bridgehead atoms. The van der Waals surface area contributed by atoms with Gasteiger partial charge in [0.15, 0.2) is 0 Å². The molecule has 0 aliphatic carbocycles. The summed E-state index contributed by atoms with van der Waals surface area (Å²) in [4.78, 5) is 32.2. The number of nitrogens with zero attached hydrogens (tertiary/aromatic N) is 2. The van der Waals surface area contributed by atoms with E-state index in [1.165, 1.54) is 12.0 Å². The first-order valence-electron chi connectivity index (χ1n) is 11.6. The average molecular weight is 487 g/mol. The molecule has 1 amide bonds. The van der Waals surface area contributed by atoms with Crippen molar-refractivity contribution in [3.05, 3.63) is 88.8 Å². The Morgan fingerprint density at radius 2 is 1.86 bits per heavy atom. The summed E-state index contributed by atoms with van der Waals surface area (Å²) in [7, 11) is 3.05. The van der Waals surface area contributed by atoms with Crippen LogP contribution >= 0.6 is 0 Å². The van der Waals surface area contributed by atoms with Gasteiger partial charge in [-0.25, -0.2) is 0 Å². The summed E-state index contributed by atoms with van der Waals surface area (Å²) in [5.74, 6) is 0.0581. The first-order chi connectivity index (χ1) is 17.4. The van der Waals surface area contributed by atoms with Crippen molar-refractivity contribution in [2.24, 2.45) is 0 Å². The fraction of sp³-hybridized carbons (Fsp3) is 0.250. The molecule has 2 atom stereocenters. The standard InChI is InChI=1S/C28H26N2O6/c1-16-12-19-13-18(4-7-22(19)36-16)26(31)24-25(21-6-5-20(34-2)14-23(21)35-3)30(28(33)27(24)32)15-17-8-10-29-11-9-17/h4-11,13-14,16,25,31H,12,15H2,1-3H3/b26-24+. The third kappa shape index (κ3) is 4.04. The fourth-order valence-corrected chi connectivity index (χ4v) is 4.82. The minimum atomic E-state index is -0.873. The Morgan fingerprint density at radius 1 is 1.08 bits per heavy atom. The summed E-state index contributed by atoms with van der Waals surface area (Å²) >= 11 is 0. The summed E-state index contributed by atoms with van der Waals surface area (Å²) < 4.78 is 16.7. The highest BCUT2D eigenvalue weighted by Gasteiger charge is 2.47. The number of ketones is 1. The summed E-state index contributed by atoms with van der Waals surface area (Å²) in [6.45, 7) is 2.12. The molecule has 1 N–H and O–H groups in total. The van der Waals surface area contributed by atoms with E-state index in [1.807, 2.05) is 13.0 Å². The molecule has 8 nitrogen and oxygen atoms in total. The summed E-state index contributed by atoms with van der Waals surface area (Å²) in [6, 6.07) is 13.2. The van der Waals surface area contributed by atoms with E-state index in [4.69, 9.17) is 14.2 Å². The lowest BCUT2D eigenvalue weighted by Gasteiger charge is -2.27. The van der Waals surface area contributed by atoms with Crippen molar-refractivity contribution in [2.45, 2.75) is 32.0 Å². The third-order valence-electron chi connectivity index (χ3n) is 6.55. The number of amides is 1. The van der Waals surface area contributed by atoms with Gasteiger partial charge in [0.1, 0.15) is 29.1 Å². The third-order valence-corrected chi connectivity index (χ3v) is 6.55. The van der Waals surface area contributed by atoms with Gasteiger partial charge in [0.25, 0.3) is 11.7 Å². The van der Waals surface area contributed by atoms with Gasteiger partial charge in [-0.15, -0.1) is 0 Å². The van der Waals surface area contributed by atoms with Gasteiger partial charge in [-0.1, -0.05) is 0 Å². The molecule has 3 aromatic rings. The number of hydrogen-bond donors (Lipinski definition) is 1. The van der Waals surface area contributed by atoms with E-state index in [9.17, 15) is 14.7 Å².